The molecule has 3 rings (SSSR count). The molecule has 0 aromatic rings. The van der Waals surface area contributed by atoms with E-state index in [1.54, 1.807) is 36.1 Å². The third kappa shape index (κ3) is 7.90. The van der Waals surface area contributed by atoms with E-state index in [4.69, 9.17) is 11.6 Å². The van der Waals surface area contributed by atoms with Gasteiger partial charge in [0.2, 0.25) is 0 Å². The molecule has 0 aromatic heterocycles. The number of carbonyl (C=O) groups is 2. The highest BCUT2D eigenvalue weighted by atomic mass is 35.5. The van der Waals surface area contributed by atoms with E-state index in [0.717, 1.165) is 22.8 Å². The number of carboxylic acid groups (broad SMARTS) is 1. The molecule has 7 heteroatoms. The number of Topliss-reactive ketones (excluding diaryl/α,β-unsaturated/α-hetero) is 1. The van der Waals surface area contributed by atoms with Crippen molar-refractivity contribution in [2.75, 3.05) is 20.1 Å². The van der Waals surface area contributed by atoms with Gasteiger partial charge < -0.3 is 14.9 Å². The molecule has 2 heterocycles. The van der Waals surface area contributed by atoms with Crippen LogP contribution in [0.5, 0.6) is 0 Å². The third-order valence-corrected chi connectivity index (χ3v) is 5.20. The first-order chi connectivity index (χ1) is 15.5. The zero-order valence-corrected chi connectivity index (χ0v) is 20.6. The van der Waals surface area contributed by atoms with Crippen molar-refractivity contribution in [2.24, 2.45) is 5.92 Å². The molecule has 2 aliphatic heterocycles. The molecule has 1 aliphatic carbocycles. The highest BCUT2D eigenvalue weighted by molar-refractivity contribution is 6.29. The fourth-order valence-electron chi connectivity index (χ4n) is 3.32. The van der Waals surface area contributed by atoms with Crippen LogP contribution in [-0.4, -0.2) is 46.9 Å². The maximum atomic E-state index is 14.4. The average molecular weight is 475 g/mol. The van der Waals surface area contributed by atoms with Gasteiger partial charge in [-0.05, 0) is 53.4 Å². The van der Waals surface area contributed by atoms with Gasteiger partial charge in [0.15, 0.2) is 5.78 Å². The molecule has 1 N–H and O–H groups in total. The summed E-state index contributed by atoms with van der Waals surface area (Å²) in [5.41, 5.74) is 3.47. The highest BCUT2D eigenvalue weighted by Gasteiger charge is 2.24. The lowest BCUT2D eigenvalue weighted by Crippen LogP contribution is -2.29. The summed E-state index contributed by atoms with van der Waals surface area (Å²) in [6.07, 6.45) is 11.8. The maximum Gasteiger partial charge on any atom is 0.407 e. The van der Waals surface area contributed by atoms with Crippen LogP contribution in [0, 0.1) is 5.92 Å². The zero-order valence-electron chi connectivity index (χ0n) is 19.9. The Morgan fingerprint density at radius 3 is 2.55 bits per heavy atom. The Morgan fingerprint density at radius 2 is 1.91 bits per heavy atom. The van der Waals surface area contributed by atoms with Crippen LogP contribution in [0.1, 0.15) is 40.5 Å². The van der Waals surface area contributed by atoms with Crippen LogP contribution >= 0.6 is 11.6 Å². The lowest BCUT2D eigenvalue weighted by Gasteiger charge is -2.27. The van der Waals surface area contributed by atoms with E-state index in [1.165, 1.54) is 11.9 Å². The minimum atomic E-state index is -1.04. The summed E-state index contributed by atoms with van der Waals surface area (Å²) in [7, 11) is 1.48. The second-order valence-corrected chi connectivity index (χ2v) is 9.44. The fourth-order valence-corrected chi connectivity index (χ4v) is 3.51. The van der Waals surface area contributed by atoms with Crippen molar-refractivity contribution in [3.05, 3.63) is 81.5 Å². The number of hydrogen-bond donors (Lipinski definition) is 1. The Balaban J connectivity index is 0.000000890. The van der Waals surface area contributed by atoms with Crippen LogP contribution in [0.4, 0.5) is 9.18 Å². The molecule has 1 amide bonds. The van der Waals surface area contributed by atoms with E-state index in [1.807, 2.05) is 18.4 Å². The molecule has 0 atom stereocenters. The van der Waals surface area contributed by atoms with Gasteiger partial charge >= 0.3 is 6.09 Å². The number of halogens is 2. The SMILES string of the molecule is CC(C)C.CC1=CC(CN(C)C(=O)O)=C2C=CC(CC3=C(F)CC(Cl)=CC=C3)=CN2CC1=O. The van der Waals surface area contributed by atoms with Crippen molar-refractivity contribution >= 4 is 23.5 Å². The molecular formula is C26H32ClFN2O3. The summed E-state index contributed by atoms with van der Waals surface area (Å²) < 4.78 is 14.4. The molecule has 3 aliphatic rings. The Kier molecular flexibility index (Phi) is 9.47. The molecule has 178 valence electrons. The van der Waals surface area contributed by atoms with Gasteiger partial charge in [0.05, 0.1) is 13.1 Å². The lowest BCUT2D eigenvalue weighted by molar-refractivity contribution is -0.115. The molecule has 0 aromatic carbocycles. The maximum absolute atomic E-state index is 14.4. The number of likely N-dealkylation sites (N-methyl/N-ethyl adjacent to an activating group) is 1. The number of ketones is 1. The Labute approximate surface area is 200 Å². The van der Waals surface area contributed by atoms with Crippen LogP contribution in [0.15, 0.2) is 81.5 Å². The topological polar surface area (TPSA) is 60.9 Å². The second-order valence-electron chi connectivity index (χ2n) is 8.95. The first kappa shape index (κ1) is 26.4. The predicted octanol–water partition coefficient (Wildman–Crippen LogP) is 6.49. The van der Waals surface area contributed by atoms with E-state index < -0.39 is 6.09 Å². The summed E-state index contributed by atoms with van der Waals surface area (Å²) in [6, 6.07) is 0. The summed E-state index contributed by atoms with van der Waals surface area (Å²) in [6.45, 7) is 8.53. The monoisotopic (exact) mass is 474 g/mol. The normalized spacial score (nSPS) is 18.1. The molecule has 0 spiro atoms. The van der Waals surface area contributed by atoms with E-state index in [2.05, 4.69) is 20.8 Å². The molecule has 0 saturated carbocycles. The van der Waals surface area contributed by atoms with Crippen LogP contribution in [0.25, 0.3) is 0 Å². The first-order valence-corrected chi connectivity index (χ1v) is 11.3. The van der Waals surface area contributed by atoms with Crippen molar-refractivity contribution < 1.29 is 19.1 Å². The summed E-state index contributed by atoms with van der Waals surface area (Å²) in [4.78, 5) is 26.6. The fraction of sp³-hybridized carbons (Fsp3) is 0.385. The number of rotatable bonds is 4. The molecular weight excluding hydrogens is 443 g/mol. The second kappa shape index (κ2) is 11.8. The van der Waals surface area contributed by atoms with Crippen molar-refractivity contribution in [3.63, 3.8) is 0 Å². The number of carbonyl (C=O) groups excluding carboxylic acids is 1. The molecule has 33 heavy (non-hydrogen) atoms. The number of nitrogens with zero attached hydrogens (tertiary/aromatic N) is 2. The molecule has 0 bridgehead atoms. The van der Waals surface area contributed by atoms with Gasteiger partial charge in [-0.25, -0.2) is 9.18 Å². The Hall–Kier alpha value is -2.86. The first-order valence-electron chi connectivity index (χ1n) is 10.9. The predicted molar refractivity (Wildman–Crippen MR) is 131 cm³/mol. The van der Waals surface area contributed by atoms with Crippen LogP contribution in [0.2, 0.25) is 0 Å². The zero-order chi connectivity index (χ0) is 24.7. The lowest BCUT2D eigenvalue weighted by atomic mass is 10.0. The van der Waals surface area contributed by atoms with E-state index >= 15 is 0 Å². The van der Waals surface area contributed by atoms with Crippen LogP contribution < -0.4 is 0 Å². The molecule has 0 unspecified atom stereocenters. The van der Waals surface area contributed by atoms with Gasteiger partial charge in [-0.2, -0.15) is 0 Å². The summed E-state index contributed by atoms with van der Waals surface area (Å²) >= 11 is 5.95. The minimum Gasteiger partial charge on any atom is -0.465 e. The van der Waals surface area contributed by atoms with Crippen molar-refractivity contribution in [3.8, 4) is 0 Å². The summed E-state index contributed by atoms with van der Waals surface area (Å²) in [5, 5.41) is 9.64. The number of amides is 1. The number of fused-ring (bicyclic) bond motifs is 1. The standard InChI is InChI=1S/C22H22ClFN2O3.C4H10/c1-14-8-17(12-25(2)22(28)29)20-7-6-15(11-26(20)13-21(14)27)9-16-4-3-5-18(23)10-19(16)24;1-4(2)3/h3-8,11H,9-10,12-13H2,1-2H3,(H,28,29);4H,1-3H3. The van der Waals surface area contributed by atoms with Gasteiger partial charge in [0.25, 0.3) is 0 Å². The van der Waals surface area contributed by atoms with Crippen LogP contribution in [-0.2, 0) is 4.79 Å². The van der Waals surface area contributed by atoms with Crippen molar-refractivity contribution in [2.45, 2.75) is 40.5 Å². The molecule has 0 saturated heterocycles. The Bertz CT molecular complexity index is 1010. The third-order valence-electron chi connectivity index (χ3n) is 4.94. The molecule has 0 radical (unpaired) electrons. The van der Waals surface area contributed by atoms with Crippen molar-refractivity contribution in [1.29, 1.82) is 0 Å². The van der Waals surface area contributed by atoms with Gasteiger partial charge in [-0.15, -0.1) is 0 Å². The van der Waals surface area contributed by atoms with Crippen molar-refractivity contribution in [1.82, 2.24) is 9.80 Å². The number of hydrogen-bond acceptors (Lipinski definition) is 3. The van der Waals surface area contributed by atoms with E-state index in [9.17, 15) is 19.1 Å². The average Bonchev–Trinajstić information content (AvgIpc) is 2.93. The van der Waals surface area contributed by atoms with Gasteiger partial charge in [0.1, 0.15) is 5.83 Å². The van der Waals surface area contributed by atoms with Gasteiger partial charge in [0, 0.05) is 36.8 Å². The minimum absolute atomic E-state index is 0.0443. The quantitative estimate of drug-likeness (QED) is 0.505. The smallest absolute Gasteiger partial charge is 0.407 e. The van der Waals surface area contributed by atoms with Gasteiger partial charge in [-0.3, -0.25) is 4.79 Å². The molecule has 0 fully saturated rings. The largest absolute Gasteiger partial charge is 0.465 e. The highest BCUT2D eigenvalue weighted by Crippen LogP contribution is 2.31. The van der Waals surface area contributed by atoms with Gasteiger partial charge in [-0.1, -0.05) is 50.6 Å². The Morgan fingerprint density at radius 1 is 1.24 bits per heavy atom. The summed E-state index contributed by atoms with van der Waals surface area (Å²) in [5.74, 6) is 0.515. The van der Waals surface area contributed by atoms with Crippen LogP contribution in [0.3, 0.4) is 0 Å². The number of allylic oxidation sites excluding steroid dienone is 9. The van der Waals surface area contributed by atoms with E-state index in [-0.39, 0.29) is 31.1 Å². The van der Waals surface area contributed by atoms with E-state index in [0.29, 0.717) is 22.6 Å². The molecule has 5 nitrogen and oxygen atoms in total.